The van der Waals surface area contributed by atoms with Gasteiger partial charge in [0.15, 0.2) is 0 Å². The number of sulfonamides is 1. The normalized spacial score (nSPS) is 12.6. The molecule has 0 saturated heterocycles. The Morgan fingerprint density at radius 1 is 1.04 bits per heavy atom. The Morgan fingerprint density at radius 2 is 1.68 bits per heavy atom. The number of rotatable bonds is 11. The lowest BCUT2D eigenvalue weighted by atomic mass is 10.0. The number of carboxylic acids is 1. The summed E-state index contributed by atoms with van der Waals surface area (Å²) in [5.74, 6) is -1.22. The summed E-state index contributed by atoms with van der Waals surface area (Å²) in [4.78, 5) is 10.5. The van der Waals surface area contributed by atoms with Crippen LogP contribution in [-0.2, 0) is 14.8 Å². The van der Waals surface area contributed by atoms with Crippen LogP contribution in [0.3, 0.4) is 0 Å². The van der Waals surface area contributed by atoms with E-state index in [4.69, 9.17) is 16.7 Å². The Morgan fingerprint density at radius 3 is 2.32 bits per heavy atom. The summed E-state index contributed by atoms with van der Waals surface area (Å²) < 4.78 is 41.5. The van der Waals surface area contributed by atoms with Gasteiger partial charge in [0, 0.05) is 12.5 Å². The minimum absolute atomic E-state index is 0.00904. The molecular formula is C20H23ClFNO4S. The first-order valence-electron chi connectivity index (χ1n) is 9.04. The number of hydrogen-bond acceptors (Lipinski definition) is 3. The Bertz CT molecular complexity index is 887. The number of nitrogens with one attached hydrogen (secondary N) is 1. The number of carboxylic acid groups (broad SMARTS) is 1. The summed E-state index contributed by atoms with van der Waals surface area (Å²) >= 11 is 6.03. The molecule has 0 bridgehead atoms. The minimum atomic E-state index is -3.86. The van der Waals surface area contributed by atoms with E-state index >= 15 is 0 Å². The first kappa shape index (κ1) is 22.3. The van der Waals surface area contributed by atoms with Crippen molar-refractivity contribution < 1.29 is 22.7 Å². The second-order valence-electron chi connectivity index (χ2n) is 6.50. The molecule has 2 rings (SSSR count). The minimum Gasteiger partial charge on any atom is -0.481 e. The highest BCUT2D eigenvalue weighted by Crippen LogP contribution is 2.26. The molecule has 0 radical (unpaired) electrons. The van der Waals surface area contributed by atoms with Gasteiger partial charge in [0.25, 0.3) is 0 Å². The van der Waals surface area contributed by atoms with E-state index in [9.17, 15) is 17.6 Å². The zero-order chi connectivity index (χ0) is 20.6. The number of aliphatic carboxylic acids is 1. The van der Waals surface area contributed by atoms with Crippen molar-refractivity contribution in [3.05, 3.63) is 64.9 Å². The number of carbonyl (C=O) groups is 1. The van der Waals surface area contributed by atoms with Crippen LogP contribution in [-0.4, -0.2) is 19.5 Å². The van der Waals surface area contributed by atoms with Crippen LogP contribution in [0.2, 0.25) is 5.02 Å². The molecule has 0 spiro atoms. The van der Waals surface area contributed by atoms with Crippen molar-refractivity contribution in [2.45, 2.75) is 49.5 Å². The van der Waals surface area contributed by atoms with Crippen LogP contribution in [0.15, 0.2) is 53.4 Å². The van der Waals surface area contributed by atoms with Gasteiger partial charge in [-0.25, -0.2) is 17.5 Å². The van der Waals surface area contributed by atoms with E-state index in [2.05, 4.69) is 4.72 Å². The maximum atomic E-state index is 13.3. The van der Waals surface area contributed by atoms with Crippen molar-refractivity contribution in [2.75, 3.05) is 0 Å². The molecule has 0 heterocycles. The average Bonchev–Trinajstić information content (AvgIpc) is 2.64. The third-order valence-corrected chi connectivity index (χ3v) is 6.30. The first-order chi connectivity index (χ1) is 13.3. The largest absolute Gasteiger partial charge is 0.481 e. The molecule has 0 aliphatic rings. The fourth-order valence-corrected chi connectivity index (χ4v) is 4.66. The van der Waals surface area contributed by atoms with Gasteiger partial charge in [0.2, 0.25) is 10.0 Å². The molecule has 2 N–H and O–H groups in total. The summed E-state index contributed by atoms with van der Waals surface area (Å²) in [7, 11) is -3.86. The number of benzene rings is 2. The Labute approximate surface area is 169 Å². The highest BCUT2D eigenvalue weighted by Gasteiger charge is 2.23. The second-order valence-corrected chi connectivity index (χ2v) is 8.59. The Balaban J connectivity index is 2.09. The molecule has 0 saturated carbocycles. The Kier molecular flexibility index (Phi) is 8.41. The summed E-state index contributed by atoms with van der Waals surface area (Å²) in [6, 6.07) is 11.3. The van der Waals surface area contributed by atoms with Crippen molar-refractivity contribution in [3.8, 4) is 0 Å². The van der Waals surface area contributed by atoms with Crippen LogP contribution in [0.5, 0.6) is 0 Å². The van der Waals surface area contributed by atoms with Crippen molar-refractivity contribution in [1.82, 2.24) is 4.72 Å². The predicted molar refractivity (Wildman–Crippen MR) is 106 cm³/mol. The summed E-state index contributed by atoms with van der Waals surface area (Å²) in [6.45, 7) is 0. The molecule has 0 fully saturated rings. The molecule has 152 valence electrons. The lowest BCUT2D eigenvalue weighted by Gasteiger charge is -2.20. The molecule has 0 amide bonds. The number of hydrogen-bond donors (Lipinski definition) is 2. The molecule has 2 aromatic rings. The second kappa shape index (κ2) is 10.5. The van der Waals surface area contributed by atoms with Gasteiger partial charge in [-0.1, -0.05) is 55.1 Å². The summed E-state index contributed by atoms with van der Waals surface area (Å²) in [5, 5.41) is 8.80. The van der Waals surface area contributed by atoms with E-state index < -0.39 is 27.9 Å². The van der Waals surface area contributed by atoms with E-state index in [1.54, 1.807) is 24.3 Å². The Hall–Kier alpha value is -1.96. The lowest BCUT2D eigenvalue weighted by molar-refractivity contribution is -0.137. The van der Waals surface area contributed by atoms with Crippen LogP contribution < -0.4 is 4.72 Å². The molecule has 0 aliphatic heterocycles. The predicted octanol–water partition coefficient (Wildman–Crippen LogP) is 4.92. The monoisotopic (exact) mass is 427 g/mol. The van der Waals surface area contributed by atoms with Crippen molar-refractivity contribution in [2.24, 2.45) is 0 Å². The van der Waals surface area contributed by atoms with Crippen molar-refractivity contribution in [3.63, 3.8) is 0 Å². The zero-order valence-corrected chi connectivity index (χ0v) is 16.8. The first-order valence-corrected chi connectivity index (χ1v) is 10.9. The molecule has 8 heteroatoms. The maximum absolute atomic E-state index is 13.3. The van der Waals surface area contributed by atoms with Gasteiger partial charge in [-0.05, 0) is 42.7 Å². The van der Waals surface area contributed by atoms with Crippen LogP contribution in [0.4, 0.5) is 4.39 Å². The smallest absolute Gasteiger partial charge is 0.303 e. The van der Waals surface area contributed by atoms with Gasteiger partial charge in [-0.15, -0.1) is 0 Å². The zero-order valence-electron chi connectivity index (χ0n) is 15.3. The van der Waals surface area contributed by atoms with E-state index in [-0.39, 0.29) is 16.3 Å². The average molecular weight is 428 g/mol. The highest BCUT2D eigenvalue weighted by molar-refractivity contribution is 7.89. The number of unbranched alkanes of at least 4 members (excludes halogenated alkanes) is 3. The molecule has 1 atom stereocenters. The maximum Gasteiger partial charge on any atom is 0.303 e. The summed E-state index contributed by atoms with van der Waals surface area (Å²) in [5.41, 5.74) is 0.655. The summed E-state index contributed by atoms with van der Waals surface area (Å²) in [6.07, 6.45) is 3.44. The van der Waals surface area contributed by atoms with Crippen LogP contribution in [0.25, 0.3) is 0 Å². The van der Waals surface area contributed by atoms with Crippen LogP contribution in [0, 0.1) is 5.82 Å². The van der Waals surface area contributed by atoms with E-state index in [0.717, 1.165) is 12.8 Å². The van der Waals surface area contributed by atoms with Gasteiger partial charge < -0.3 is 5.11 Å². The van der Waals surface area contributed by atoms with E-state index in [1.807, 2.05) is 0 Å². The van der Waals surface area contributed by atoms with Gasteiger partial charge >= 0.3 is 5.97 Å². The quantitative estimate of drug-likeness (QED) is 0.498. The van der Waals surface area contributed by atoms with Gasteiger partial charge in [0.05, 0.1) is 5.02 Å². The SMILES string of the molecule is O=C(O)CCCCCCC(NS(=O)(=O)c1ccccc1Cl)c1ccc(F)cc1. The molecule has 5 nitrogen and oxygen atoms in total. The highest BCUT2D eigenvalue weighted by atomic mass is 35.5. The molecule has 0 aliphatic carbocycles. The van der Waals surface area contributed by atoms with E-state index in [0.29, 0.717) is 24.8 Å². The lowest BCUT2D eigenvalue weighted by Crippen LogP contribution is -2.29. The molecule has 28 heavy (non-hydrogen) atoms. The van der Waals surface area contributed by atoms with Gasteiger partial charge in [-0.3, -0.25) is 4.79 Å². The molecule has 0 aromatic heterocycles. The van der Waals surface area contributed by atoms with Crippen LogP contribution >= 0.6 is 11.6 Å². The standard InChI is InChI=1S/C20H23ClFNO4S/c21-17-7-5-6-9-19(17)28(26,27)23-18(15-11-13-16(22)14-12-15)8-3-1-2-4-10-20(24)25/h5-7,9,11-14,18,23H,1-4,8,10H2,(H,24,25). The fraction of sp³-hybridized carbons (Fsp3) is 0.350. The molecule has 2 aromatic carbocycles. The van der Waals surface area contributed by atoms with E-state index in [1.165, 1.54) is 24.3 Å². The fourth-order valence-electron chi connectivity index (χ4n) is 2.88. The van der Waals surface area contributed by atoms with Crippen molar-refractivity contribution >= 4 is 27.6 Å². The van der Waals surface area contributed by atoms with Crippen molar-refractivity contribution in [1.29, 1.82) is 0 Å². The molecular weight excluding hydrogens is 405 g/mol. The third kappa shape index (κ3) is 6.89. The van der Waals surface area contributed by atoms with Gasteiger partial charge in [0.1, 0.15) is 10.7 Å². The molecule has 1 unspecified atom stereocenters. The number of halogens is 2. The third-order valence-electron chi connectivity index (χ3n) is 4.33. The topological polar surface area (TPSA) is 83.5 Å². The van der Waals surface area contributed by atoms with Crippen LogP contribution in [0.1, 0.15) is 50.1 Å². The van der Waals surface area contributed by atoms with Gasteiger partial charge in [-0.2, -0.15) is 0 Å².